The minimum Gasteiger partial charge on any atom is -0.496 e. The van der Waals surface area contributed by atoms with Crippen molar-refractivity contribution in [1.29, 1.82) is 0 Å². The number of aromatic nitrogens is 2. The highest BCUT2D eigenvalue weighted by Crippen LogP contribution is 2.42. The molecule has 0 bridgehead atoms. The van der Waals surface area contributed by atoms with Gasteiger partial charge in [-0.1, -0.05) is 23.2 Å². The lowest BCUT2D eigenvalue weighted by molar-refractivity contribution is 0.0929. The van der Waals surface area contributed by atoms with Crippen molar-refractivity contribution in [2.75, 3.05) is 7.11 Å². The van der Waals surface area contributed by atoms with Gasteiger partial charge in [-0.3, -0.25) is 4.79 Å². The first kappa shape index (κ1) is 21.8. The summed E-state index contributed by atoms with van der Waals surface area (Å²) in [5.41, 5.74) is 5.15. The summed E-state index contributed by atoms with van der Waals surface area (Å²) in [6.45, 7) is 2.06. The number of benzene rings is 2. The number of fused-ring (bicyclic) bond motifs is 3. The van der Waals surface area contributed by atoms with Crippen LogP contribution in [0.4, 0.5) is 0 Å². The van der Waals surface area contributed by atoms with Crippen molar-refractivity contribution < 1.29 is 9.53 Å². The average molecular weight is 535 g/mol. The summed E-state index contributed by atoms with van der Waals surface area (Å²) in [6, 6.07) is 9.51. The van der Waals surface area contributed by atoms with Crippen LogP contribution in [0.3, 0.4) is 0 Å². The zero-order chi connectivity index (χ0) is 22.6. The number of nitrogens with zero attached hydrogens (tertiary/aromatic N) is 2. The Kier molecular flexibility index (Phi) is 5.72. The largest absolute Gasteiger partial charge is 0.496 e. The zero-order valence-corrected chi connectivity index (χ0v) is 20.8. The van der Waals surface area contributed by atoms with Gasteiger partial charge in [0.15, 0.2) is 5.69 Å². The maximum atomic E-state index is 13.2. The SMILES string of the molecule is COc1cc2c(cc1Br)-c1c(c(C(=O)NC(C)C3CC3)nn1-c1cc(Cl)cc(Cl)c1)CC2. The predicted molar refractivity (Wildman–Crippen MR) is 130 cm³/mol. The Bertz CT molecular complexity index is 1220. The van der Waals surface area contributed by atoms with E-state index >= 15 is 0 Å². The molecule has 2 aliphatic carbocycles. The number of ether oxygens (including phenoxy) is 1. The molecule has 0 saturated heterocycles. The number of halogens is 3. The van der Waals surface area contributed by atoms with Crippen LogP contribution in [-0.4, -0.2) is 28.8 Å². The van der Waals surface area contributed by atoms with Crippen LogP contribution in [0, 0.1) is 5.92 Å². The first-order chi connectivity index (χ1) is 15.4. The molecule has 1 saturated carbocycles. The van der Waals surface area contributed by atoms with Gasteiger partial charge in [0, 0.05) is 27.2 Å². The minimum atomic E-state index is -0.136. The van der Waals surface area contributed by atoms with E-state index in [1.54, 1.807) is 17.9 Å². The fraction of sp³-hybridized carbons (Fsp3) is 0.333. The Labute approximate surface area is 205 Å². The minimum absolute atomic E-state index is 0.136. The van der Waals surface area contributed by atoms with Gasteiger partial charge >= 0.3 is 0 Å². The molecule has 2 aromatic carbocycles. The van der Waals surface area contributed by atoms with Crippen LogP contribution in [-0.2, 0) is 12.8 Å². The first-order valence-corrected chi connectivity index (χ1v) is 12.2. The number of carbonyl (C=O) groups is 1. The summed E-state index contributed by atoms with van der Waals surface area (Å²) >= 11 is 16.2. The Balaban J connectivity index is 1.69. The summed E-state index contributed by atoms with van der Waals surface area (Å²) < 4.78 is 8.13. The number of hydrogen-bond acceptors (Lipinski definition) is 3. The van der Waals surface area contributed by atoms with Crippen molar-refractivity contribution in [3.8, 4) is 22.7 Å². The van der Waals surface area contributed by atoms with E-state index in [1.165, 1.54) is 0 Å². The number of carbonyl (C=O) groups excluding carboxylic acids is 1. The van der Waals surface area contributed by atoms with E-state index in [2.05, 4.69) is 28.2 Å². The van der Waals surface area contributed by atoms with Gasteiger partial charge in [-0.2, -0.15) is 5.10 Å². The molecular formula is C24H22BrCl2N3O2. The van der Waals surface area contributed by atoms with Crippen LogP contribution in [0.15, 0.2) is 34.8 Å². The number of rotatable bonds is 5. The highest BCUT2D eigenvalue weighted by molar-refractivity contribution is 9.10. The fourth-order valence-corrected chi connectivity index (χ4v) is 5.44. The summed E-state index contributed by atoms with van der Waals surface area (Å²) in [5.74, 6) is 1.21. The Morgan fingerprint density at radius 3 is 2.56 bits per heavy atom. The predicted octanol–water partition coefficient (Wildman–Crippen LogP) is 6.24. The van der Waals surface area contributed by atoms with Gasteiger partial charge in [-0.05, 0) is 90.4 Å². The van der Waals surface area contributed by atoms with Crippen molar-refractivity contribution in [3.05, 3.63) is 61.7 Å². The van der Waals surface area contributed by atoms with Crippen molar-refractivity contribution in [2.45, 2.75) is 38.6 Å². The highest BCUT2D eigenvalue weighted by atomic mass is 79.9. The van der Waals surface area contributed by atoms with Crippen LogP contribution < -0.4 is 10.1 Å². The maximum absolute atomic E-state index is 13.2. The molecule has 3 aromatic rings. The molecule has 0 radical (unpaired) electrons. The summed E-state index contributed by atoms with van der Waals surface area (Å²) in [4.78, 5) is 13.2. The van der Waals surface area contributed by atoms with Crippen molar-refractivity contribution in [1.82, 2.24) is 15.1 Å². The van der Waals surface area contributed by atoms with Gasteiger partial charge in [-0.25, -0.2) is 4.68 Å². The molecule has 1 aromatic heterocycles. The van der Waals surface area contributed by atoms with E-state index in [9.17, 15) is 4.79 Å². The number of methoxy groups -OCH3 is 1. The third-order valence-electron chi connectivity index (χ3n) is 6.26. The third kappa shape index (κ3) is 3.93. The van der Waals surface area contributed by atoms with Crippen LogP contribution in [0.5, 0.6) is 5.75 Å². The standard InChI is InChI=1S/C24H22BrCl2N3O2/c1-12(13-3-4-13)28-24(31)22-18-6-5-14-7-21(32-2)20(25)11-19(14)23(18)30(29-22)17-9-15(26)8-16(27)10-17/h7-13H,3-6H2,1-2H3,(H,28,31). The fourth-order valence-electron chi connectivity index (χ4n) is 4.42. The molecule has 1 amide bonds. The Hall–Kier alpha value is -2.02. The lowest BCUT2D eigenvalue weighted by Gasteiger charge is -2.21. The normalized spacial score (nSPS) is 15.7. The zero-order valence-electron chi connectivity index (χ0n) is 17.7. The van der Waals surface area contributed by atoms with E-state index in [4.69, 9.17) is 33.0 Å². The van der Waals surface area contributed by atoms with Gasteiger partial charge in [0.05, 0.1) is 23.0 Å². The molecule has 1 unspecified atom stereocenters. The van der Waals surface area contributed by atoms with E-state index in [0.29, 0.717) is 33.8 Å². The smallest absolute Gasteiger partial charge is 0.272 e. The van der Waals surface area contributed by atoms with Gasteiger partial charge in [0.1, 0.15) is 5.75 Å². The topological polar surface area (TPSA) is 56.1 Å². The first-order valence-electron chi connectivity index (χ1n) is 10.6. The molecule has 5 rings (SSSR count). The molecular weight excluding hydrogens is 513 g/mol. The molecule has 0 spiro atoms. The second-order valence-electron chi connectivity index (χ2n) is 8.46. The van der Waals surface area contributed by atoms with Crippen LogP contribution >= 0.6 is 39.1 Å². The average Bonchev–Trinajstić information content (AvgIpc) is 3.52. The molecule has 5 nitrogen and oxygen atoms in total. The second kappa shape index (κ2) is 8.40. The van der Waals surface area contributed by atoms with Gasteiger partial charge in [0.25, 0.3) is 5.91 Å². The Morgan fingerprint density at radius 1 is 1.19 bits per heavy atom. The molecule has 1 N–H and O–H groups in total. The van der Waals surface area contributed by atoms with E-state index in [1.807, 2.05) is 24.3 Å². The number of amides is 1. The third-order valence-corrected chi connectivity index (χ3v) is 7.31. The summed E-state index contributed by atoms with van der Waals surface area (Å²) in [5, 5.41) is 8.96. The van der Waals surface area contributed by atoms with Gasteiger partial charge in [0.2, 0.25) is 0 Å². The Morgan fingerprint density at radius 2 is 1.91 bits per heavy atom. The molecule has 1 atom stereocenters. The molecule has 166 valence electrons. The summed E-state index contributed by atoms with van der Waals surface area (Å²) in [7, 11) is 1.66. The maximum Gasteiger partial charge on any atom is 0.272 e. The lowest BCUT2D eigenvalue weighted by atomic mass is 9.88. The van der Waals surface area contributed by atoms with Crippen molar-refractivity contribution >= 4 is 45.0 Å². The number of nitrogens with one attached hydrogen (secondary N) is 1. The molecule has 0 aliphatic heterocycles. The molecule has 1 heterocycles. The van der Waals surface area contributed by atoms with Crippen LogP contribution in [0.2, 0.25) is 10.0 Å². The molecule has 32 heavy (non-hydrogen) atoms. The van der Waals surface area contributed by atoms with Crippen LogP contribution in [0.1, 0.15) is 41.4 Å². The van der Waals surface area contributed by atoms with E-state index in [-0.39, 0.29) is 11.9 Å². The molecule has 8 heteroatoms. The van der Waals surface area contributed by atoms with Crippen molar-refractivity contribution in [2.24, 2.45) is 5.92 Å². The quantitative estimate of drug-likeness (QED) is 0.421. The molecule has 2 aliphatic rings. The van der Waals surface area contributed by atoms with Crippen LogP contribution in [0.25, 0.3) is 16.9 Å². The lowest BCUT2D eigenvalue weighted by Crippen LogP contribution is -2.34. The highest BCUT2D eigenvalue weighted by Gasteiger charge is 2.33. The molecule has 1 fully saturated rings. The number of hydrogen-bond donors (Lipinski definition) is 1. The van der Waals surface area contributed by atoms with Gasteiger partial charge in [-0.15, -0.1) is 0 Å². The summed E-state index contributed by atoms with van der Waals surface area (Å²) in [6.07, 6.45) is 3.84. The van der Waals surface area contributed by atoms with E-state index in [0.717, 1.165) is 51.9 Å². The van der Waals surface area contributed by atoms with Gasteiger partial charge < -0.3 is 10.1 Å². The van der Waals surface area contributed by atoms with E-state index < -0.39 is 0 Å². The van der Waals surface area contributed by atoms with Crippen molar-refractivity contribution in [3.63, 3.8) is 0 Å². The second-order valence-corrected chi connectivity index (χ2v) is 10.2. The number of aryl methyl sites for hydroxylation is 1. The monoisotopic (exact) mass is 533 g/mol.